The molecule has 146 valence electrons. The number of thiophene rings is 1. The summed E-state index contributed by atoms with van der Waals surface area (Å²) in [6, 6.07) is 4.43. The van der Waals surface area contributed by atoms with Crippen LogP contribution >= 0.6 is 51.2 Å². The third kappa shape index (κ3) is 6.82. The lowest BCUT2D eigenvalue weighted by Gasteiger charge is -2.25. The van der Waals surface area contributed by atoms with Gasteiger partial charge in [-0.25, -0.2) is 0 Å². The molecule has 0 aliphatic heterocycles. The molecule has 0 radical (unpaired) electrons. The van der Waals surface area contributed by atoms with Crippen molar-refractivity contribution in [3.05, 3.63) is 38.8 Å². The molecule has 0 aliphatic carbocycles. The Kier molecular flexibility index (Phi) is 10.1. The van der Waals surface area contributed by atoms with Crippen LogP contribution < -0.4 is 5.32 Å². The Morgan fingerprint density at radius 2 is 2.12 bits per heavy atom. The lowest BCUT2D eigenvalue weighted by molar-refractivity contribution is 0.305. The van der Waals surface area contributed by atoms with Crippen LogP contribution in [0.5, 0.6) is 0 Å². The topological polar surface area (TPSA) is 48.7 Å². The molecule has 0 amide bonds. The van der Waals surface area contributed by atoms with Crippen LogP contribution in [0.1, 0.15) is 23.4 Å². The second-order valence-corrected chi connectivity index (χ2v) is 8.73. The average Bonchev–Trinajstić information content (AvgIpc) is 3.14. The van der Waals surface area contributed by atoms with E-state index >= 15 is 0 Å². The molecule has 0 bridgehead atoms. The van der Waals surface area contributed by atoms with Crippen LogP contribution in [0, 0.1) is 0 Å². The molecule has 6 nitrogen and oxygen atoms in total. The molecule has 2 aromatic rings. The summed E-state index contributed by atoms with van der Waals surface area (Å²) in [7, 11) is 8.17. The number of nitrogens with one attached hydrogen (secondary N) is 1. The first-order valence-corrected chi connectivity index (χ1v) is 9.90. The maximum absolute atomic E-state index is 4.87. The summed E-state index contributed by atoms with van der Waals surface area (Å²) in [5.41, 5.74) is 1.18. The number of rotatable bonds is 7. The van der Waals surface area contributed by atoms with Gasteiger partial charge in [0.2, 0.25) is 0 Å². The van der Waals surface area contributed by atoms with Gasteiger partial charge in [-0.05, 0) is 49.1 Å². The Labute approximate surface area is 185 Å². The highest BCUT2D eigenvalue weighted by atomic mass is 127. The highest BCUT2D eigenvalue weighted by Gasteiger charge is 2.16. The van der Waals surface area contributed by atoms with Crippen LogP contribution in [-0.4, -0.2) is 59.8 Å². The third-order valence-corrected chi connectivity index (χ3v) is 5.47. The number of halogens is 2. The molecule has 0 aliphatic rings. The summed E-state index contributed by atoms with van der Waals surface area (Å²) in [6.07, 6.45) is 3.97. The minimum atomic E-state index is 0. The molecular weight excluding hydrogens is 527 g/mol. The SMILES string of the molecule is CCNC(=NCC(c1cnn(C)c1)N(C)C)N(C)Cc1ccc(Br)s1.I. The van der Waals surface area contributed by atoms with Crippen molar-refractivity contribution in [1.29, 1.82) is 0 Å². The largest absolute Gasteiger partial charge is 0.357 e. The normalized spacial score (nSPS) is 12.8. The molecule has 0 aromatic carbocycles. The maximum Gasteiger partial charge on any atom is 0.194 e. The molecule has 2 aromatic heterocycles. The number of aryl methyl sites for hydroxylation is 1. The van der Waals surface area contributed by atoms with Crippen molar-refractivity contribution < 1.29 is 0 Å². The van der Waals surface area contributed by atoms with Crippen molar-refractivity contribution in [3.63, 3.8) is 0 Å². The number of likely N-dealkylation sites (N-methyl/N-ethyl adjacent to an activating group) is 1. The fourth-order valence-electron chi connectivity index (χ4n) is 2.57. The summed E-state index contributed by atoms with van der Waals surface area (Å²) in [5.74, 6) is 0.919. The molecule has 1 N–H and O–H groups in total. The zero-order valence-corrected chi connectivity index (χ0v) is 20.7. The van der Waals surface area contributed by atoms with Gasteiger partial charge in [0, 0.05) is 37.3 Å². The average molecular weight is 555 g/mol. The number of nitrogens with zero attached hydrogens (tertiary/aromatic N) is 5. The van der Waals surface area contributed by atoms with Gasteiger partial charge in [0.1, 0.15) is 0 Å². The number of hydrogen-bond donors (Lipinski definition) is 1. The fourth-order valence-corrected chi connectivity index (χ4v) is 4.10. The van der Waals surface area contributed by atoms with E-state index in [9.17, 15) is 0 Å². The van der Waals surface area contributed by atoms with Crippen molar-refractivity contribution in [2.75, 3.05) is 34.2 Å². The molecule has 0 saturated heterocycles. The quantitative estimate of drug-likeness (QED) is 0.323. The Hall–Kier alpha value is -0.650. The van der Waals surface area contributed by atoms with Crippen LogP contribution in [0.2, 0.25) is 0 Å². The Morgan fingerprint density at radius 3 is 2.62 bits per heavy atom. The zero-order valence-electron chi connectivity index (χ0n) is 15.9. The van der Waals surface area contributed by atoms with Crippen LogP contribution in [0.3, 0.4) is 0 Å². The van der Waals surface area contributed by atoms with E-state index < -0.39 is 0 Å². The van der Waals surface area contributed by atoms with E-state index in [-0.39, 0.29) is 30.0 Å². The number of guanidine groups is 1. The van der Waals surface area contributed by atoms with Gasteiger partial charge in [-0.15, -0.1) is 35.3 Å². The van der Waals surface area contributed by atoms with Gasteiger partial charge >= 0.3 is 0 Å². The van der Waals surface area contributed by atoms with Crippen LogP contribution in [0.4, 0.5) is 0 Å². The molecule has 0 fully saturated rings. The molecule has 2 heterocycles. The van der Waals surface area contributed by atoms with E-state index in [1.165, 1.54) is 10.4 Å². The Morgan fingerprint density at radius 1 is 1.38 bits per heavy atom. The molecule has 2 rings (SSSR count). The molecule has 0 spiro atoms. The maximum atomic E-state index is 4.87. The first kappa shape index (κ1) is 23.4. The molecule has 1 atom stereocenters. The van der Waals surface area contributed by atoms with Crippen molar-refractivity contribution in [2.45, 2.75) is 19.5 Å². The van der Waals surface area contributed by atoms with Crippen LogP contribution in [0.25, 0.3) is 0 Å². The van der Waals surface area contributed by atoms with Gasteiger partial charge in [0.15, 0.2) is 5.96 Å². The summed E-state index contributed by atoms with van der Waals surface area (Å²) in [5, 5.41) is 7.68. The zero-order chi connectivity index (χ0) is 18.4. The van der Waals surface area contributed by atoms with E-state index in [0.717, 1.165) is 22.8 Å². The van der Waals surface area contributed by atoms with Crippen molar-refractivity contribution in [2.24, 2.45) is 12.0 Å². The van der Waals surface area contributed by atoms with Gasteiger partial charge in [0.05, 0.1) is 29.1 Å². The summed E-state index contributed by atoms with van der Waals surface area (Å²) < 4.78 is 2.99. The Bertz CT molecular complexity index is 699. The minimum absolute atomic E-state index is 0. The van der Waals surface area contributed by atoms with Crippen molar-refractivity contribution in [3.8, 4) is 0 Å². The molecule has 26 heavy (non-hydrogen) atoms. The van der Waals surface area contributed by atoms with E-state index in [0.29, 0.717) is 6.54 Å². The highest BCUT2D eigenvalue weighted by Crippen LogP contribution is 2.23. The predicted octanol–water partition coefficient (Wildman–Crippen LogP) is 3.56. The van der Waals surface area contributed by atoms with E-state index in [4.69, 9.17) is 4.99 Å². The minimum Gasteiger partial charge on any atom is -0.357 e. The smallest absolute Gasteiger partial charge is 0.194 e. The molecule has 9 heteroatoms. The van der Waals surface area contributed by atoms with Gasteiger partial charge in [0.25, 0.3) is 0 Å². The van der Waals surface area contributed by atoms with Gasteiger partial charge < -0.3 is 15.1 Å². The van der Waals surface area contributed by atoms with Crippen molar-refractivity contribution >= 4 is 57.2 Å². The number of aromatic nitrogens is 2. The van der Waals surface area contributed by atoms with E-state index in [2.05, 4.69) is 82.5 Å². The second-order valence-electron chi connectivity index (χ2n) is 6.18. The van der Waals surface area contributed by atoms with Gasteiger partial charge in [-0.3, -0.25) is 9.67 Å². The summed E-state index contributed by atoms with van der Waals surface area (Å²) in [4.78, 5) is 10.5. The monoisotopic (exact) mass is 554 g/mol. The fraction of sp³-hybridized carbons (Fsp3) is 0.529. The lowest BCUT2D eigenvalue weighted by atomic mass is 10.1. The third-order valence-electron chi connectivity index (χ3n) is 3.87. The predicted molar refractivity (Wildman–Crippen MR) is 125 cm³/mol. The van der Waals surface area contributed by atoms with E-state index in [1.54, 1.807) is 11.3 Å². The summed E-state index contributed by atoms with van der Waals surface area (Å²) >= 11 is 5.28. The highest BCUT2D eigenvalue weighted by molar-refractivity contribution is 14.0. The standard InChI is InChI=1S/C17H27BrN6S.HI/c1-6-19-17(23(4)12-14-7-8-16(18)25-14)20-10-15(22(2)3)13-9-21-24(5)11-13;/h7-9,11,15H,6,10,12H2,1-5H3,(H,19,20);1H. The second kappa shape index (κ2) is 11.3. The number of hydrogen-bond acceptors (Lipinski definition) is 4. The van der Waals surface area contributed by atoms with Crippen LogP contribution in [0.15, 0.2) is 33.3 Å². The Balaban J connectivity index is 0.00000338. The number of aliphatic imine (C=N–C) groups is 1. The lowest BCUT2D eigenvalue weighted by Crippen LogP contribution is -2.39. The van der Waals surface area contributed by atoms with Crippen LogP contribution in [-0.2, 0) is 13.6 Å². The van der Waals surface area contributed by atoms with Gasteiger partial charge in [-0.1, -0.05) is 0 Å². The van der Waals surface area contributed by atoms with Gasteiger partial charge in [-0.2, -0.15) is 5.10 Å². The van der Waals surface area contributed by atoms with E-state index in [1.807, 2.05) is 17.9 Å². The molecule has 1 unspecified atom stereocenters. The first-order chi connectivity index (χ1) is 11.9. The first-order valence-electron chi connectivity index (χ1n) is 8.29. The van der Waals surface area contributed by atoms with Crippen molar-refractivity contribution in [1.82, 2.24) is 24.9 Å². The molecule has 0 saturated carbocycles. The summed E-state index contributed by atoms with van der Waals surface area (Å²) in [6.45, 7) is 4.45. The molecular formula is C17H28BrIN6S.